The van der Waals surface area contributed by atoms with Crippen LogP contribution < -0.4 is 10.2 Å². The summed E-state index contributed by atoms with van der Waals surface area (Å²) in [5, 5.41) is 18.4. The van der Waals surface area contributed by atoms with Crippen molar-refractivity contribution < 1.29 is 19.5 Å². The topological polar surface area (TPSA) is 105 Å². The van der Waals surface area contributed by atoms with Crippen molar-refractivity contribution in [3.8, 4) is 0 Å². The summed E-state index contributed by atoms with van der Waals surface area (Å²) in [6, 6.07) is 14.5. The number of Topliss-reactive ketones (excluding diaryl/α,β-unsaturated/α-hetero) is 1. The van der Waals surface area contributed by atoms with Crippen LogP contribution >= 0.6 is 11.6 Å². The first-order chi connectivity index (χ1) is 15.3. The molecule has 0 fully saturated rings. The number of anilines is 2. The molecule has 0 aliphatic carbocycles. The van der Waals surface area contributed by atoms with Crippen LogP contribution in [0.25, 0.3) is 0 Å². The van der Waals surface area contributed by atoms with Gasteiger partial charge in [-0.2, -0.15) is 5.10 Å². The number of aromatic nitrogens is 2. The largest absolute Gasteiger partial charge is 0.503 e. The van der Waals surface area contributed by atoms with Gasteiger partial charge in [-0.1, -0.05) is 48.0 Å². The second kappa shape index (κ2) is 6.80. The molecule has 0 saturated heterocycles. The lowest BCUT2D eigenvalue weighted by Crippen LogP contribution is -2.52. The molecule has 2 aromatic carbocycles. The first kappa shape index (κ1) is 20.0. The molecule has 5 rings (SSSR count). The van der Waals surface area contributed by atoms with Crippen LogP contribution in [0.15, 0.2) is 65.9 Å². The highest BCUT2D eigenvalue weighted by Crippen LogP contribution is 2.53. The van der Waals surface area contributed by atoms with Crippen LogP contribution in [-0.2, 0) is 22.2 Å². The van der Waals surface area contributed by atoms with Crippen LogP contribution in [0.5, 0.6) is 0 Å². The van der Waals surface area contributed by atoms with Crippen molar-refractivity contribution in [1.29, 1.82) is 0 Å². The van der Waals surface area contributed by atoms with Crippen LogP contribution in [0, 0.1) is 6.92 Å². The summed E-state index contributed by atoms with van der Waals surface area (Å²) in [5.74, 6) is -2.84. The summed E-state index contributed by atoms with van der Waals surface area (Å²) >= 11 is 6.12. The zero-order valence-electron chi connectivity index (χ0n) is 17.1. The first-order valence-corrected chi connectivity index (χ1v) is 10.1. The quantitative estimate of drug-likeness (QED) is 0.598. The molecule has 3 heterocycles. The number of fused-ring (bicyclic) bond motifs is 2. The Balaban J connectivity index is 1.83. The van der Waals surface area contributed by atoms with Crippen LogP contribution in [0.2, 0.25) is 5.02 Å². The number of halogens is 1. The molecule has 1 spiro atoms. The summed E-state index contributed by atoms with van der Waals surface area (Å²) in [6.45, 7) is 1.79. The number of carbonyl (C=O) groups excluding carboxylic acids is 3. The minimum absolute atomic E-state index is 0.135. The van der Waals surface area contributed by atoms with Gasteiger partial charge in [-0.15, -0.1) is 0 Å². The average Bonchev–Trinajstić information content (AvgIpc) is 3.32. The van der Waals surface area contributed by atoms with Crippen molar-refractivity contribution in [1.82, 2.24) is 9.78 Å². The Morgan fingerprint density at radius 3 is 2.50 bits per heavy atom. The van der Waals surface area contributed by atoms with E-state index in [2.05, 4.69) is 10.4 Å². The van der Waals surface area contributed by atoms with E-state index < -0.39 is 28.9 Å². The Morgan fingerprint density at radius 2 is 1.84 bits per heavy atom. The van der Waals surface area contributed by atoms with Gasteiger partial charge in [-0.05, 0) is 19.1 Å². The Labute approximate surface area is 187 Å². The van der Waals surface area contributed by atoms with Gasteiger partial charge in [0.2, 0.25) is 0 Å². The Hall–Kier alpha value is -3.91. The fourth-order valence-corrected chi connectivity index (χ4v) is 4.49. The SMILES string of the molecule is Cc1cc(N2C(=O)C(O)=C(C(=O)c3ccccc3)C23C(=O)Nc2cc(Cl)ccc23)nn1C. The van der Waals surface area contributed by atoms with Crippen molar-refractivity contribution >= 4 is 40.7 Å². The van der Waals surface area contributed by atoms with E-state index in [9.17, 15) is 19.5 Å². The number of nitrogens with zero attached hydrogens (tertiary/aromatic N) is 3. The lowest BCUT2D eigenvalue weighted by molar-refractivity contribution is -0.123. The molecule has 2 aliphatic heterocycles. The number of aliphatic hydroxyl groups is 1. The Morgan fingerprint density at radius 1 is 1.12 bits per heavy atom. The number of benzene rings is 2. The van der Waals surface area contributed by atoms with Gasteiger partial charge >= 0.3 is 0 Å². The van der Waals surface area contributed by atoms with E-state index in [1.807, 2.05) is 0 Å². The number of aliphatic hydroxyl groups excluding tert-OH is 1. The van der Waals surface area contributed by atoms with E-state index in [4.69, 9.17) is 11.6 Å². The molecular formula is C23H17ClN4O4. The van der Waals surface area contributed by atoms with Crippen LogP contribution in [-0.4, -0.2) is 32.5 Å². The highest BCUT2D eigenvalue weighted by atomic mass is 35.5. The number of aryl methyl sites for hydroxylation is 2. The maximum absolute atomic E-state index is 13.6. The molecule has 1 aromatic heterocycles. The van der Waals surface area contributed by atoms with Gasteiger partial charge in [0.15, 0.2) is 22.9 Å². The zero-order valence-corrected chi connectivity index (χ0v) is 17.8. The number of hydrogen-bond acceptors (Lipinski definition) is 5. The fourth-order valence-electron chi connectivity index (χ4n) is 4.32. The second-order valence-electron chi connectivity index (χ2n) is 7.68. The molecule has 0 radical (unpaired) electrons. The minimum Gasteiger partial charge on any atom is -0.503 e. The van der Waals surface area contributed by atoms with Gasteiger partial charge in [0.25, 0.3) is 11.8 Å². The third kappa shape index (κ3) is 2.50. The van der Waals surface area contributed by atoms with Gasteiger partial charge in [-0.25, -0.2) is 0 Å². The molecule has 160 valence electrons. The van der Waals surface area contributed by atoms with Gasteiger partial charge < -0.3 is 10.4 Å². The smallest absolute Gasteiger partial charge is 0.296 e. The van der Waals surface area contributed by atoms with Crippen molar-refractivity contribution in [2.45, 2.75) is 12.5 Å². The van der Waals surface area contributed by atoms with E-state index in [-0.39, 0.29) is 17.0 Å². The summed E-state index contributed by atoms with van der Waals surface area (Å²) in [6.07, 6.45) is 0. The molecule has 32 heavy (non-hydrogen) atoms. The second-order valence-corrected chi connectivity index (χ2v) is 8.12. The average molecular weight is 449 g/mol. The van der Waals surface area contributed by atoms with E-state index in [1.165, 1.54) is 6.07 Å². The molecule has 2 amide bonds. The first-order valence-electron chi connectivity index (χ1n) is 9.77. The monoisotopic (exact) mass is 448 g/mol. The molecule has 2 aliphatic rings. The van der Waals surface area contributed by atoms with Gasteiger partial charge in [0.05, 0.1) is 5.57 Å². The Kier molecular flexibility index (Phi) is 4.25. The predicted octanol–water partition coefficient (Wildman–Crippen LogP) is 3.27. The molecule has 9 heteroatoms. The standard InChI is InChI=1S/C23H17ClN4O4/c1-12-10-17(26-27(12)2)28-21(31)20(30)18(19(29)13-6-4-3-5-7-13)23(28)15-9-8-14(24)11-16(15)25-22(23)32/h3-11,30H,1-2H3,(H,25,32). The van der Waals surface area contributed by atoms with Crippen molar-refractivity contribution in [2.75, 3.05) is 10.2 Å². The van der Waals surface area contributed by atoms with Crippen molar-refractivity contribution in [2.24, 2.45) is 7.05 Å². The summed E-state index contributed by atoms with van der Waals surface area (Å²) < 4.78 is 1.54. The molecular weight excluding hydrogens is 432 g/mol. The van der Waals surface area contributed by atoms with Crippen LogP contribution in [0.4, 0.5) is 11.5 Å². The summed E-state index contributed by atoms with van der Waals surface area (Å²) in [7, 11) is 1.69. The molecule has 1 unspecified atom stereocenters. The van der Waals surface area contributed by atoms with E-state index >= 15 is 0 Å². The summed E-state index contributed by atoms with van der Waals surface area (Å²) in [4.78, 5) is 41.7. The normalized spacial score (nSPS) is 19.7. The third-order valence-corrected chi connectivity index (χ3v) is 6.12. The fraction of sp³-hybridized carbons (Fsp3) is 0.130. The molecule has 3 aromatic rings. The number of nitrogens with one attached hydrogen (secondary N) is 1. The number of hydrogen-bond donors (Lipinski definition) is 2. The van der Waals surface area contributed by atoms with Crippen molar-refractivity contribution in [3.63, 3.8) is 0 Å². The number of amides is 2. The van der Waals surface area contributed by atoms with E-state index in [1.54, 1.807) is 67.2 Å². The third-order valence-electron chi connectivity index (χ3n) is 5.88. The number of ketones is 1. The number of carbonyl (C=O) groups is 3. The predicted molar refractivity (Wildman–Crippen MR) is 118 cm³/mol. The highest BCUT2D eigenvalue weighted by Gasteiger charge is 2.65. The van der Waals surface area contributed by atoms with Gasteiger partial charge in [0, 0.05) is 40.6 Å². The molecule has 1 atom stereocenters. The summed E-state index contributed by atoms with van der Waals surface area (Å²) in [5.41, 5.74) is -0.631. The maximum Gasteiger partial charge on any atom is 0.296 e. The zero-order chi connectivity index (χ0) is 22.8. The molecule has 8 nitrogen and oxygen atoms in total. The lowest BCUT2D eigenvalue weighted by Gasteiger charge is -2.33. The highest BCUT2D eigenvalue weighted by molar-refractivity contribution is 6.33. The van der Waals surface area contributed by atoms with Gasteiger partial charge in [0.1, 0.15) is 0 Å². The number of rotatable bonds is 3. The molecule has 0 saturated carbocycles. The molecule has 2 N–H and O–H groups in total. The van der Waals surface area contributed by atoms with E-state index in [0.29, 0.717) is 16.3 Å². The van der Waals surface area contributed by atoms with E-state index in [0.717, 1.165) is 10.6 Å². The molecule has 0 bridgehead atoms. The maximum atomic E-state index is 13.6. The van der Waals surface area contributed by atoms with Crippen molar-refractivity contribution in [3.05, 3.63) is 87.8 Å². The Bertz CT molecular complexity index is 1340. The lowest BCUT2D eigenvalue weighted by atomic mass is 9.80. The minimum atomic E-state index is -1.94. The van der Waals surface area contributed by atoms with Gasteiger partial charge in [-0.3, -0.25) is 24.0 Å². The van der Waals surface area contributed by atoms with Crippen LogP contribution in [0.1, 0.15) is 21.6 Å². The van der Waals surface area contributed by atoms with Crippen LogP contribution in [0.3, 0.4) is 0 Å².